The van der Waals surface area contributed by atoms with Crippen LogP contribution >= 0.6 is 11.3 Å². The van der Waals surface area contributed by atoms with Crippen molar-refractivity contribution < 1.29 is 0 Å². The molecule has 0 aromatic carbocycles. The summed E-state index contributed by atoms with van der Waals surface area (Å²) in [5, 5.41) is 8.21. The summed E-state index contributed by atoms with van der Waals surface area (Å²) in [5.41, 5.74) is 1.51. The van der Waals surface area contributed by atoms with Crippen molar-refractivity contribution >= 4 is 11.3 Å². The highest BCUT2D eigenvalue weighted by molar-refractivity contribution is 7.07. The van der Waals surface area contributed by atoms with E-state index < -0.39 is 0 Å². The van der Waals surface area contributed by atoms with Crippen LogP contribution in [0.15, 0.2) is 16.8 Å². The molecule has 18 heavy (non-hydrogen) atoms. The number of likely N-dealkylation sites (tertiary alicyclic amines) is 1. The van der Waals surface area contributed by atoms with Gasteiger partial charge in [-0.3, -0.25) is 0 Å². The third-order valence-corrected chi connectivity index (χ3v) is 5.01. The lowest BCUT2D eigenvalue weighted by Gasteiger charge is -2.32. The number of hydrogen-bond donors (Lipinski definition) is 1. The molecular formula is C15H24N2S. The van der Waals surface area contributed by atoms with Gasteiger partial charge in [0.1, 0.15) is 0 Å². The van der Waals surface area contributed by atoms with Crippen molar-refractivity contribution in [2.45, 2.75) is 38.1 Å². The Labute approximate surface area is 114 Å². The molecule has 0 amide bonds. The maximum Gasteiger partial charge on any atom is 0.00915 e. The maximum absolute atomic E-state index is 3.75. The highest BCUT2D eigenvalue weighted by Crippen LogP contribution is 2.28. The topological polar surface area (TPSA) is 15.3 Å². The van der Waals surface area contributed by atoms with E-state index in [1.807, 2.05) is 11.3 Å². The minimum Gasteiger partial charge on any atom is -0.314 e. The second-order valence-corrected chi connectivity index (χ2v) is 6.63. The quantitative estimate of drug-likeness (QED) is 0.850. The Hall–Kier alpha value is -0.380. The Bertz CT molecular complexity index is 337. The molecule has 2 nitrogen and oxygen atoms in total. The van der Waals surface area contributed by atoms with Gasteiger partial charge in [-0.15, -0.1) is 0 Å². The van der Waals surface area contributed by atoms with Gasteiger partial charge >= 0.3 is 0 Å². The highest BCUT2D eigenvalue weighted by Gasteiger charge is 2.24. The first-order valence-corrected chi connectivity index (χ1v) is 8.31. The monoisotopic (exact) mass is 264 g/mol. The summed E-state index contributed by atoms with van der Waals surface area (Å²) < 4.78 is 0. The average Bonchev–Trinajstić information content (AvgIpc) is 3.09. The predicted molar refractivity (Wildman–Crippen MR) is 78.2 cm³/mol. The summed E-state index contributed by atoms with van der Waals surface area (Å²) in [6, 6.07) is 3.05. The smallest absolute Gasteiger partial charge is 0.00915 e. The molecule has 1 aromatic rings. The minimum atomic E-state index is 0.794. The maximum atomic E-state index is 3.75. The van der Waals surface area contributed by atoms with E-state index in [0.29, 0.717) is 0 Å². The number of nitrogens with one attached hydrogen (secondary N) is 1. The van der Waals surface area contributed by atoms with Gasteiger partial charge in [-0.05, 0) is 80.0 Å². The van der Waals surface area contributed by atoms with Crippen LogP contribution in [-0.2, 0) is 6.42 Å². The van der Waals surface area contributed by atoms with Crippen molar-refractivity contribution in [1.29, 1.82) is 0 Å². The van der Waals surface area contributed by atoms with Crippen LogP contribution in [-0.4, -0.2) is 37.1 Å². The van der Waals surface area contributed by atoms with Crippen LogP contribution in [0.1, 0.15) is 31.2 Å². The van der Waals surface area contributed by atoms with Crippen molar-refractivity contribution in [2.75, 3.05) is 26.2 Å². The number of nitrogens with zero attached hydrogens (tertiary/aromatic N) is 1. The summed E-state index contributed by atoms with van der Waals surface area (Å²) in [4.78, 5) is 2.63. The fourth-order valence-electron chi connectivity index (χ4n) is 2.74. The van der Waals surface area contributed by atoms with E-state index in [-0.39, 0.29) is 0 Å². The van der Waals surface area contributed by atoms with Crippen LogP contribution in [0.2, 0.25) is 0 Å². The number of thiophene rings is 1. The Balaban J connectivity index is 1.32. The van der Waals surface area contributed by atoms with Crippen molar-refractivity contribution in [3.05, 3.63) is 22.4 Å². The molecule has 2 aliphatic rings. The number of rotatable bonds is 6. The van der Waals surface area contributed by atoms with Gasteiger partial charge < -0.3 is 10.2 Å². The van der Waals surface area contributed by atoms with E-state index in [1.165, 1.54) is 63.8 Å². The van der Waals surface area contributed by atoms with Crippen LogP contribution in [0.4, 0.5) is 0 Å². The molecule has 1 aliphatic heterocycles. The van der Waals surface area contributed by atoms with Gasteiger partial charge in [-0.2, -0.15) is 11.3 Å². The standard InChI is InChI=1S/C15H24N2S/c1-2-13(1)11-16-15-4-8-17(9-5-15)7-3-14-6-10-18-12-14/h6,10,12-13,15-16H,1-5,7-9,11H2. The molecule has 1 saturated heterocycles. The molecule has 1 aliphatic carbocycles. The van der Waals surface area contributed by atoms with Gasteiger partial charge in [0.05, 0.1) is 0 Å². The van der Waals surface area contributed by atoms with Gasteiger partial charge in [-0.1, -0.05) is 0 Å². The Morgan fingerprint density at radius 2 is 2.06 bits per heavy atom. The zero-order valence-corrected chi connectivity index (χ0v) is 11.9. The van der Waals surface area contributed by atoms with E-state index in [9.17, 15) is 0 Å². The van der Waals surface area contributed by atoms with E-state index in [0.717, 1.165) is 12.0 Å². The highest BCUT2D eigenvalue weighted by atomic mass is 32.1. The number of hydrogen-bond acceptors (Lipinski definition) is 3. The van der Waals surface area contributed by atoms with Gasteiger partial charge in [-0.25, -0.2) is 0 Å². The van der Waals surface area contributed by atoms with Crippen LogP contribution in [0.3, 0.4) is 0 Å². The summed E-state index contributed by atoms with van der Waals surface area (Å²) in [5.74, 6) is 1.02. The Morgan fingerprint density at radius 3 is 2.72 bits per heavy atom. The number of piperidine rings is 1. The first-order valence-electron chi connectivity index (χ1n) is 7.37. The molecule has 2 fully saturated rings. The van der Waals surface area contributed by atoms with Crippen molar-refractivity contribution in [2.24, 2.45) is 5.92 Å². The van der Waals surface area contributed by atoms with Crippen molar-refractivity contribution in [3.8, 4) is 0 Å². The first kappa shape index (κ1) is 12.6. The zero-order chi connectivity index (χ0) is 12.2. The molecular weight excluding hydrogens is 240 g/mol. The summed E-state index contributed by atoms with van der Waals surface area (Å²) >= 11 is 1.81. The molecule has 3 heteroatoms. The third-order valence-electron chi connectivity index (χ3n) is 4.28. The normalized spacial score (nSPS) is 22.4. The molecule has 1 saturated carbocycles. The lowest BCUT2D eigenvalue weighted by Crippen LogP contribution is -2.43. The molecule has 0 bridgehead atoms. The molecule has 1 N–H and O–H groups in total. The van der Waals surface area contributed by atoms with E-state index in [1.54, 1.807) is 0 Å². The fourth-order valence-corrected chi connectivity index (χ4v) is 3.44. The minimum absolute atomic E-state index is 0.794. The van der Waals surface area contributed by atoms with E-state index in [4.69, 9.17) is 0 Å². The molecule has 0 atom stereocenters. The van der Waals surface area contributed by atoms with Gasteiger partial charge in [0, 0.05) is 12.6 Å². The second kappa shape index (κ2) is 6.18. The molecule has 0 unspecified atom stereocenters. The van der Waals surface area contributed by atoms with Crippen molar-refractivity contribution in [3.63, 3.8) is 0 Å². The summed E-state index contributed by atoms with van der Waals surface area (Å²) in [6.07, 6.45) is 6.84. The van der Waals surface area contributed by atoms with Crippen LogP contribution in [0, 0.1) is 5.92 Å². The Kier molecular flexibility index (Phi) is 4.34. The lowest BCUT2D eigenvalue weighted by atomic mass is 10.0. The van der Waals surface area contributed by atoms with Crippen molar-refractivity contribution in [1.82, 2.24) is 10.2 Å². The predicted octanol–water partition coefficient (Wildman–Crippen LogP) is 2.75. The fraction of sp³-hybridized carbons (Fsp3) is 0.733. The van der Waals surface area contributed by atoms with E-state index in [2.05, 4.69) is 27.0 Å². The van der Waals surface area contributed by atoms with Crippen LogP contribution < -0.4 is 5.32 Å². The SMILES string of the molecule is c1cc(CCN2CCC(NCC3CC3)CC2)cs1. The third kappa shape index (κ3) is 3.81. The molecule has 2 heterocycles. The first-order chi connectivity index (χ1) is 8.90. The second-order valence-electron chi connectivity index (χ2n) is 5.85. The summed E-state index contributed by atoms with van der Waals surface area (Å²) in [7, 11) is 0. The van der Waals surface area contributed by atoms with E-state index >= 15 is 0 Å². The van der Waals surface area contributed by atoms with Gasteiger partial charge in [0.2, 0.25) is 0 Å². The van der Waals surface area contributed by atoms with Gasteiger partial charge in [0.15, 0.2) is 0 Å². The zero-order valence-electron chi connectivity index (χ0n) is 11.1. The Morgan fingerprint density at radius 1 is 1.22 bits per heavy atom. The van der Waals surface area contributed by atoms with Crippen LogP contribution in [0.5, 0.6) is 0 Å². The lowest BCUT2D eigenvalue weighted by molar-refractivity contribution is 0.199. The molecule has 1 aromatic heterocycles. The average molecular weight is 264 g/mol. The van der Waals surface area contributed by atoms with Gasteiger partial charge in [0.25, 0.3) is 0 Å². The molecule has 0 radical (unpaired) electrons. The summed E-state index contributed by atoms with van der Waals surface area (Å²) in [6.45, 7) is 5.09. The van der Waals surface area contributed by atoms with Crippen LogP contribution in [0.25, 0.3) is 0 Å². The largest absolute Gasteiger partial charge is 0.314 e. The molecule has 0 spiro atoms. The molecule has 3 rings (SSSR count). The molecule has 100 valence electrons.